The zero-order valence-corrected chi connectivity index (χ0v) is 13.5. The van der Waals surface area contributed by atoms with Gasteiger partial charge in [0.05, 0.1) is 27.2 Å². The molecule has 1 aromatic carbocycles. The van der Waals surface area contributed by atoms with Crippen molar-refractivity contribution in [1.82, 2.24) is 9.55 Å². The van der Waals surface area contributed by atoms with Crippen molar-refractivity contribution in [3.63, 3.8) is 0 Å². The Balaban J connectivity index is 2.12. The van der Waals surface area contributed by atoms with Gasteiger partial charge in [-0.3, -0.25) is 0 Å². The smallest absolute Gasteiger partial charge is 0.125 e. The summed E-state index contributed by atoms with van der Waals surface area (Å²) in [5, 5.41) is 0. The number of benzene rings is 1. The minimum absolute atomic E-state index is 0.431. The third kappa shape index (κ3) is 2.57. The molecule has 0 N–H and O–H groups in total. The largest absolute Gasteiger partial charge is 0.322 e. The molecule has 0 spiro atoms. The van der Waals surface area contributed by atoms with Gasteiger partial charge in [-0.05, 0) is 52.7 Å². The molecule has 0 aliphatic carbocycles. The van der Waals surface area contributed by atoms with E-state index in [2.05, 4.69) is 62.7 Å². The van der Waals surface area contributed by atoms with E-state index in [4.69, 9.17) is 11.6 Å². The van der Waals surface area contributed by atoms with Crippen LogP contribution in [0.3, 0.4) is 0 Å². The van der Waals surface area contributed by atoms with Gasteiger partial charge >= 0.3 is 0 Å². The molecule has 0 bridgehead atoms. The number of aryl methyl sites for hydroxylation is 1. The maximum atomic E-state index is 6.03. The van der Waals surface area contributed by atoms with Crippen LogP contribution in [0.1, 0.15) is 16.3 Å². The number of hydrogen-bond donors (Lipinski definition) is 0. The van der Waals surface area contributed by atoms with Crippen molar-refractivity contribution in [2.24, 2.45) is 0 Å². The molecule has 2 aromatic heterocycles. The second-order valence-corrected chi connectivity index (χ2v) is 7.26. The minimum Gasteiger partial charge on any atom is -0.322 e. The molecule has 0 aliphatic rings. The van der Waals surface area contributed by atoms with Gasteiger partial charge in [0, 0.05) is 4.88 Å². The monoisotopic (exact) mass is 354 g/mol. The number of aromatic nitrogens is 2. The topological polar surface area (TPSA) is 17.8 Å². The molecule has 0 atom stereocenters. The van der Waals surface area contributed by atoms with Gasteiger partial charge in [-0.2, -0.15) is 0 Å². The molecule has 0 amide bonds. The van der Waals surface area contributed by atoms with E-state index >= 15 is 0 Å². The first-order valence-corrected chi connectivity index (χ1v) is 8.07. The molecule has 98 valence electrons. The van der Waals surface area contributed by atoms with Gasteiger partial charge in [0.1, 0.15) is 5.82 Å². The maximum Gasteiger partial charge on any atom is 0.125 e. The highest BCUT2D eigenvalue weighted by molar-refractivity contribution is 9.11. The van der Waals surface area contributed by atoms with Gasteiger partial charge in [0.25, 0.3) is 0 Å². The van der Waals surface area contributed by atoms with Gasteiger partial charge in [-0.15, -0.1) is 22.9 Å². The highest BCUT2D eigenvalue weighted by atomic mass is 79.9. The first-order valence-electron chi connectivity index (χ1n) is 5.93. The van der Waals surface area contributed by atoms with Crippen molar-refractivity contribution in [2.75, 3.05) is 0 Å². The second-order valence-electron chi connectivity index (χ2n) is 4.45. The van der Waals surface area contributed by atoms with Gasteiger partial charge in [0.15, 0.2) is 0 Å². The van der Waals surface area contributed by atoms with E-state index in [1.807, 2.05) is 0 Å². The first-order chi connectivity index (χ1) is 9.17. The molecule has 0 aliphatic heterocycles. The number of hydrogen-bond acceptors (Lipinski definition) is 2. The van der Waals surface area contributed by atoms with Crippen LogP contribution in [0.4, 0.5) is 0 Å². The molecule has 3 rings (SSSR count). The van der Waals surface area contributed by atoms with Crippen molar-refractivity contribution in [3.8, 4) is 0 Å². The third-order valence-corrected chi connectivity index (χ3v) is 4.89. The number of rotatable bonds is 3. The molecule has 0 unspecified atom stereocenters. The zero-order valence-electron chi connectivity index (χ0n) is 10.4. The van der Waals surface area contributed by atoms with Crippen LogP contribution in [0.2, 0.25) is 0 Å². The number of halogens is 2. The summed E-state index contributed by atoms with van der Waals surface area (Å²) in [6.07, 6.45) is 0. The highest BCUT2D eigenvalue weighted by Crippen LogP contribution is 2.26. The average molecular weight is 356 g/mol. The predicted molar refractivity (Wildman–Crippen MR) is 85.1 cm³/mol. The van der Waals surface area contributed by atoms with Crippen molar-refractivity contribution in [3.05, 3.63) is 50.4 Å². The summed E-state index contributed by atoms with van der Waals surface area (Å²) in [5.41, 5.74) is 3.40. The molecule has 0 fully saturated rings. The summed E-state index contributed by atoms with van der Waals surface area (Å²) in [4.78, 5) is 5.89. The van der Waals surface area contributed by atoms with Gasteiger partial charge < -0.3 is 4.57 Å². The van der Waals surface area contributed by atoms with Crippen LogP contribution in [-0.4, -0.2) is 9.55 Å². The average Bonchev–Trinajstić information content (AvgIpc) is 2.94. The molecular weight excluding hydrogens is 344 g/mol. The summed E-state index contributed by atoms with van der Waals surface area (Å²) in [5.74, 6) is 1.35. The molecule has 2 heterocycles. The summed E-state index contributed by atoms with van der Waals surface area (Å²) < 4.78 is 3.35. The van der Waals surface area contributed by atoms with E-state index in [1.54, 1.807) is 11.3 Å². The molecule has 0 radical (unpaired) electrons. The van der Waals surface area contributed by atoms with E-state index in [1.165, 1.54) is 10.4 Å². The van der Waals surface area contributed by atoms with E-state index in [9.17, 15) is 0 Å². The van der Waals surface area contributed by atoms with Crippen LogP contribution in [0.25, 0.3) is 11.0 Å². The van der Waals surface area contributed by atoms with Crippen LogP contribution in [0, 0.1) is 6.92 Å². The summed E-state index contributed by atoms with van der Waals surface area (Å²) in [6.45, 7) is 2.91. The maximum absolute atomic E-state index is 6.03. The molecule has 19 heavy (non-hydrogen) atoms. The van der Waals surface area contributed by atoms with Crippen LogP contribution >= 0.6 is 38.9 Å². The lowest BCUT2D eigenvalue weighted by atomic mass is 10.2. The number of alkyl halides is 1. The van der Waals surface area contributed by atoms with Gasteiger partial charge in [0.2, 0.25) is 0 Å². The molecule has 5 heteroatoms. The Kier molecular flexibility index (Phi) is 3.65. The highest BCUT2D eigenvalue weighted by Gasteiger charge is 2.11. The Morgan fingerprint density at radius 2 is 2.16 bits per heavy atom. The quantitative estimate of drug-likeness (QED) is 0.607. The predicted octanol–water partition coefficient (Wildman–Crippen LogP) is 4.96. The number of nitrogens with zero attached hydrogens (tertiary/aromatic N) is 2. The number of fused-ring (bicyclic) bond motifs is 1. The molecule has 0 saturated carbocycles. The summed E-state index contributed by atoms with van der Waals surface area (Å²) >= 11 is 11.3. The zero-order chi connectivity index (χ0) is 13.4. The lowest BCUT2D eigenvalue weighted by Crippen LogP contribution is -2.02. The molecule has 2 nitrogen and oxygen atoms in total. The molecule has 3 aromatic rings. The molecule has 0 saturated heterocycles. The van der Waals surface area contributed by atoms with Gasteiger partial charge in [-0.25, -0.2) is 4.98 Å². The van der Waals surface area contributed by atoms with E-state index in [-0.39, 0.29) is 0 Å². The first kappa shape index (κ1) is 13.2. The van der Waals surface area contributed by atoms with Crippen LogP contribution in [0.5, 0.6) is 0 Å². The summed E-state index contributed by atoms with van der Waals surface area (Å²) in [6, 6.07) is 10.5. The molecular formula is C14H12BrClN2S. The minimum atomic E-state index is 0.431. The van der Waals surface area contributed by atoms with Crippen LogP contribution in [0.15, 0.2) is 34.1 Å². The fraction of sp³-hybridized carbons (Fsp3) is 0.214. The van der Waals surface area contributed by atoms with E-state index in [0.717, 1.165) is 27.2 Å². The van der Waals surface area contributed by atoms with Gasteiger partial charge in [-0.1, -0.05) is 6.07 Å². The Morgan fingerprint density at radius 1 is 1.32 bits per heavy atom. The van der Waals surface area contributed by atoms with Crippen molar-refractivity contribution >= 4 is 49.9 Å². The Hall–Kier alpha value is -0.840. The van der Waals surface area contributed by atoms with Crippen LogP contribution < -0.4 is 0 Å². The summed E-state index contributed by atoms with van der Waals surface area (Å²) in [7, 11) is 0. The van der Waals surface area contributed by atoms with Crippen molar-refractivity contribution in [1.29, 1.82) is 0 Å². The normalized spacial score (nSPS) is 11.3. The number of imidazole rings is 1. The Labute approximate surface area is 129 Å². The fourth-order valence-electron chi connectivity index (χ4n) is 2.15. The number of thiophene rings is 1. The second kappa shape index (κ2) is 5.27. The standard InChI is InChI=1S/C14H12BrClN2S/c1-9-2-4-11-12(6-9)18(14(7-16)17-11)8-10-3-5-13(15)19-10/h2-6H,7-8H2,1H3. The lowest BCUT2D eigenvalue weighted by Gasteiger charge is -2.06. The van der Waals surface area contributed by atoms with E-state index < -0.39 is 0 Å². The Morgan fingerprint density at radius 3 is 2.84 bits per heavy atom. The van der Waals surface area contributed by atoms with Crippen molar-refractivity contribution < 1.29 is 0 Å². The van der Waals surface area contributed by atoms with E-state index in [0.29, 0.717) is 5.88 Å². The van der Waals surface area contributed by atoms with Crippen molar-refractivity contribution in [2.45, 2.75) is 19.3 Å². The fourth-order valence-corrected chi connectivity index (χ4v) is 3.83. The SMILES string of the molecule is Cc1ccc2nc(CCl)n(Cc3ccc(Br)s3)c2c1. The third-order valence-electron chi connectivity index (χ3n) is 3.05. The Bertz CT molecular complexity index is 732. The lowest BCUT2D eigenvalue weighted by molar-refractivity contribution is 0.789. The van der Waals surface area contributed by atoms with Crippen LogP contribution in [-0.2, 0) is 12.4 Å².